The maximum atomic E-state index is 13.2. The number of benzene rings is 1. The fraction of sp³-hybridized carbons (Fsp3) is 0.200. The first-order chi connectivity index (χ1) is 8.70. The summed E-state index contributed by atoms with van der Waals surface area (Å²) in [5.41, 5.74) is -1.27. The van der Waals surface area contributed by atoms with Gasteiger partial charge >= 0.3 is 18.2 Å². The summed E-state index contributed by atoms with van der Waals surface area (Å²) in [7, 11) is 0. The second-order valence-electron chi connectivity index (χ2n) is 3.39. The number of hydrogen-bond acceptors (Lipinski definition) is 2. The Hall–Kier alpha value is -2.32. The standard InChI is InChI=1S/C10H8F4N2O3/c11-5-2-1-3-6(7(5)8(17)18)16-9(19)15-4-10(12,13)14/h1-3H,4H2,(H,17,18)(H2,15,16,19). The number of hydrogen-bond donors (Lipinski definition) is 3. The Morgan fingerprint density at radius 3 is 2.42 bits per heavy atom. The molecule has 0 radical (unpaired) electrons. The minimum Gasteiger partial charge on any atom is -0.478 e. The number of anilines is 1. The highest BCUT2D eigenvalue weighted by atomic mass is 19.4. The Balaban J connectivity index is 2.80. The average Bonchev–Trinajstić information content (AvgIpc) is 2.25. The number of nitrogens with one attached hydrogen (secondary N) is 2. The first-order valence-electron chi connectivity index (χ1n) is 4.84. The highest BCUT2D eigenvalue weighted by Gasteiger charge is 2.28. The molecule has 1 aromatic rings. The second kappa shape index (κ2) is 5.55. The molecule has 104 valence electrons. The van der Waals surface area contributed by atoms with Gasteiger partial charge in [0.2, 0.25) is 0 Å². The molecular formula is C10H8F4N2O3. The van der Waals surface area contributed by atoms with Gasteiger partial charge < -0.3 is 15.7 Å². The van der Waals surface area contributed by atoms with Crippen LogP contribution < -0.4 is 10.6 Å². The van der Waals surface area contributed by atoms with E-state index in [1.165, 1.54) is 5.32 Å². The smallest absolute Gasteiger partial charge is 0.405 e. The zero-order valence-corrected chi connectivity index (χ0v) is 9.21. The van der Waals surface area contributed by atoms with Crippen LogP contribution >= 0.6 is 0 Å². The van der Waals surface area contributed by atoms with Gasteiger partial charge in [-0.25, -0.2) is 14.0 Å². The lowest BCUT2D eigenvalue weighted by molar-refractivity contribution is -0.122. The van der Waals surface area contributed by atoms with Crippen molar-refractivity contribution in [3.63, 3.8) is 0 Å². The Kier molecular flexibility index (Phi) is 4.30. The minimum atomic E-state index is -4.60. The highest BCUT2D eigenvalue weighted by molar-refractivity contribution is 6.00. The van der Waals surface area contributed by atoms with E-state index in [1.807, 2.05) is 5.32 Å². The Labute approximate surface area is 104 Å². The summed E-state index contributed by atoms with van der Waals surface area (Å²) >= 11 is 0. The van der Waals surface area contributed by atoms with E-state index in [0.717, 1.165) is 18.2 Å². The van der Waals surface area contributed by atoms with Crippen LogP contribution in [0.1, 0.15) is 10.4 Å². The Morgan fingerprint density at radius 1 is 1.26 bits per heavy atom. The molecule has 1 aromatic carbocycles. The van der Waals surface area contributed by atoms with Crippen LogP contribution in [0, 0.1) is 5.82 Å². The third-order valence-electron chi connectivity index (χ3n) is 1.93. The van der Waals surface area contributed by atoms with Crippen LogP contribution in [0.4, 0.5) is 28.0 Å². The van der Waals surface area contributed by atoms with Gasteiger partial charge in [-0.2, -0.15) is 13.2 Å². The molecule has 0 unspecified atom stereocenters. The fourth-order valence-electron chi connectivity index (χ4n) is 1.19. The first kappa shape index (κ1) is 14.7. The van der Waals surface area contributed by atoms with Crippen LogP contribution in [-0.2, 0) is 0 Å². The van der Waals surface area contributed by atoms with E-state index in [4.69, 9.17) is 5.11 Å². The lowest BCUT2D eigenvalue weighted by Gasteiger charge is -2.11. The van der Waals surface area contributed by atoms with E-state index < -0.39 is 41.8 Å². The molecule has 5 nitrogen and oxygen atoms in total. The molecule has 2 amide bonds. The molecule has 9 heteroatoms. The van der Waals surface area contributed by atoms with Crippen molar-refractivity contribution in [1.29, 1.82) is 0 Å². The van der Waals surface area contributed by atoms with Crippen LogP contribution in [0.15, 0.2) is 18.2 Å². The van der Waals surface area contributed by atoms with Crippen molar-refractivity contribution < 1.29 is 32.3 Å². The summed E-state index contributed by atoms with van der Waals surface area (Å²) in [6, 6.07) is 1.73. The molecule has 0 aliphatic carbocycles. The highest BCUT2D eigenvalue weighted by Crippen LogP contribution is 2.19. The number of rotatable bonds is 3. The van der Waals surface area contributed by atoms with Gasteiger partial charge in [-0.1, -0.05) is 6.07 Å². The topological polar surface area (TPSA) is 78.4 Å². The van der Waals surface area contributed by atoms with Crippen molar-refractivity contribution in [3.8, 4) is 0 Å². The van der Waals surface area contributed by atoms with Gasteiger partial charge in [-0.05, 0) is 12.1 Å². The van der Waals surface area contributed by atoms with Crippen molar-refractivity contribution in [2.75, 3.05) is 11.9 Å². The van der Waals surface area contributed by atoms with E-state index in [1.54, 1.807) is 0 Å². The second-order valence-corrected chi connectivity index (χ2v) is 3.39. The summed E-state index contributed by atoms with van der Waals surface area (Å²) in [5.74, 6) is -2.76. The van der Waals surface area contributed by atoms with Crippen molar-refractivity contribution in [1.82, 2.24) is 5.32 Å². The zero-order valence-electron chi connectivity index (χ0n) is 9.21. The SMILES string of the molecule is O=C(NCC(F)(F)F)Nc1cccc(F)c1C(=O)O. The molecule has 0 bridgehead atoms. The van der Waals surface area contributed by atoms with E-state index in [-0.39, 0.29) is 0 Å². The third kappa shape index (κ3) is 4.45. The van der Waals surface area contributed by atoms with Crippen LogP contribution in [0.3, 0.4) is 0 Å². The third-order valence-corrected chi connectivity index (χ3v) is 1.93. The Morgan fingerprint density at radius 2 is 1.89 bits per heavy atom. The first-order valence-corrected chi connectivity index (χ1v) is 4.84. The largest absolute Gasteiger partial charge is 0.478 e. The molecule has 0 heterocycles. The number of halogens is 4. The van der Waals surface area contributed by atoms with E-state index >= 15 is 0 Å². The molecular weight excluding hydrogens is 272 g/mol. The van der Waals surface area contributed by atoms with Gasteiger partial charge in [0.25, 0.3) is 0 Å². The van der Waals surface area contributed by atoms with Gasteiger partial charge in [-0.15, -0.1) is 0 Å². The molecule has 0 saturated carbocycles. The lowest BCUT2D eigenvalue weighted by Crippen LogP contribution is -2.37. The van der Waals surface area contributed by atoms with Gasteiger partial charge in [0.1, 0.15) is 17.9 Å². The van der Waals surface area contributed by atoms with Crippen molar-refractivity contribution in [2.24, 2.45) is 0 Å². The molecule has 0 spiro atoms. The molecule has 0 aliphatic rings. The van der Waals surface area contributed by atoms with Crippen molar-refractivity contribution >= 4 is 17.7 Å². The number of carbonyl (C=O) groups excluding carboxylic acids is 1. The maximum Gasteiger partial charge on any atom is 0.405 e. The van der Waals surface area contributed by atoms with Gasteiger partial charge in [-0.3, -0.25) is 0 Å². The predicted octanol–water partition coefficient (Wildman–Crippen LogP) is 2.21. The van der Waals surface area contributed by atoms with Crippen LogP contribution in [0.25, 0.3) is 0 Å². The number of carbonyl (C=O) groups is 2. The minimum absolute atomic E-state index is 0.438. The molecule has 3 N–H and O–H groups in total. The molecule has 0 atom stereocenters. The number of alkyl halides is 3. The summed E-state index contributed by atoms with van der Waals surface area (Å²) in [6.07, 6.45) is -4.60. The summed E-state index contributed by atoms with van der Waals surface area (Å²) in [6.45, 7) is -1.59. The summed E-state index contributed by atoms with van der Waals surface area (Å²) in [4.78, 5) is 21.9. The van der Waals surface area contributed by atoms with Gasteiger partial charge in [0, 0.05) is 0 Å². The molecule has 0 aromatic heterocycles. The number of amides is 2. The molecule has 0 fully saturated rings. The lowest BCUT2D eigenvalue weighted by atomic mass is 10.1. The maximum absolute atomic E-state index is 13.2. The van der Waals surface area contributed by atoms with Gasteiger partial charge in [0.15, 0.2) is 0 Å². The number of carboxylic acid groups (broad SMARTS) is 1. The van der Waals surface area contributed by atoms with Crippen molar-refractivity contribution in [2.45, 2.75) is 6.18 Å². The molecule has 0 aliphatic heterocycles. The zero-order chi connectivity index (χ0) is 14.6. The Bertz CT molecular complexity index is 502. The average molecular weight is 280 g/mol. The van der Waals surface area contributed by atoms with Gasteiger partial charge in [0.05, 0.1) is 5.69 Å². The van der Waals surface area contributed by atoms with Crippen LogP contribution in [-0.4, -0.2) is 29.8 Å². The number of carboxylic acids is 1. The number of aromatic carboxylic acids is 1. The van der Waals surface area contributed by atoms with Crippen LogP contribution in [0.5, 0.6) is 0 Å². The summed E-state index contributed by atoms with van der Waals surface area (Å²) < 4.78 is 48.7. The summed E-state index contributed by atoms with van der Waals surface area (Å²) in [5, 5.41) is 12.0. The van der Waals surface area contributed by atoms with Crippen molar-refractivity contribution in [3.05, 3.63) is 29.6 Å². The quantitative estimate of drug-likeness (QED) is 0.743. The van der Waals surface area contributed by atoms with E-state index in [9.17, 15) is 27.2 Å². The van der Waals surface area contributed by atoms with Crippen LogP contribution in [0.2, 0.25) is 0 Å². The van der Waals surface area contributed by atoms with E-state index in [2.05, 4.69) is 0 Å². The fourth-order valence-corrected chi connectivity index (χ4v) is 1.19. The number of urea groups is 1. The molecule has 0 saturated heterocycles. The monoisotopic (exact) mass is 280 g/mol. The molecule has 1 rings (SSSR count). The predicted molar refractivity (Wildman–Crippen MR) is 56.4 cm³/mol. The van der Waals surface area contributed by atoms with E-state index in [0.29, 0.717) is 0 Å². The molecule has 19 heavy (non-hydrogen) atoms. The normalized spacial score (nSPS) is 10.9.